The molecule has 1 heterocycles. The Morgan fingerprint density at radius 3 is 2.53 bits per heavy atom. The standard InChI is InChI=1S/C25H23ClFN5O4/c1-34-22-13-21-18(24(30-14-29-21)31-16-5-8-20(27)19(26)11-16)12-23(22)36-10-2-9-35-17-6-3-15(4-7-17)25(33)32-28/h3-8,11-14H,2,9-10,28H2,1H3,(H,32,33)(H,29,30,31). The lowest BCUT2D eigenvalue weighted by atomic mass is 10.2. The number of aromatic nitrogens is 2. The van der Waals surface area contributed by atoms with Crippen LogP contribution >= 0.6 is 11.6 Å². The molecule has 0 saturated heterocycles. The highest BCUT2D eigenvalue weighted by atomic mass is 35.5. The molecule has 0 atom stereocenters. The molecule has 1 amide bonds. The van der Waals surface area contributed by atoms with Crippen molar-refractivity contribution < 1.29 is 23.4 Å². The van der Waals surface area contributed by atoms with E-state index in [-0.39, 0.29) is 10.9 Å². The van der Waals surface area contributed by atoms with Gasteiger partial charge in [0.1, 0.15) is 23.7 Å². The molecule has 0 fully saturated rings. The number of carbonyl (C=O) groups is 1. The fraction of sp³-hybridized carbons (Fsp3) is 0.160. The molecule has 3 aromatic carbocycles. The van der Waals surface area contributed by atoms with Gasteiger partial charge in [0.25, 0.3) is 5.91 Å². The van der Waals surface area contributed by atoms with E-state index in [1.807, 2.05) is 0 Å². The Hall–Kier alpha value is -4.15. The first-order valence-corrected chi connectivity index (χ1v) is 11.3. The summed E-state index contributed by atoms with van der Waals surface area (Å²) >= 11 is 5.90. The summed E-state index contributed by atoms with van der Waals surface area (Å²) in [5.74, 6) is 6.41. The Labute approximate surface area is 211 Å². The van der Waals surface area contributed by atoms with E-state index in [2.05, 4.69) is 20.7 Å². The maximum Gasteiger partial charge on any atom is 0.265 e. The molecular weight excluding hydrogens is 489 g/mol. The van der Waals surface area contributed by atoms with E-state index in [0.29, 0.717) is 64.9 Å². The van der Waals surface area contributed by atoms with Crippen LogP contribution in [0.3, 0.4) is 0 Å². The number of ether oxygens (including phenoxy) is 3. The summed E-state index contributed by atoms with van der Waals surface area (Å²) in [5.41, 5.74) is 3.74. The molecule has 0 bridgehead atoms. The first-order valence-electron chi connectivity index (χ1n) is 10.9. The number of fused-ring (bicyclic) bond motifs is 1. The Kier molecular flexibility index (Phi) is 7.99. The number of hydrogen-bond acceptors (Lipinski definition) is 8. The number of hydrogen-bond donors (Lipinski definition) is 3. The third-order valence-electron chi connectivity index (χ3n) is 5.17. The SMILES string of the molecule is COc1cc2ncnc(Nc3ccc(F)c(Cl)c3)c2cc1OCCCOc1ccc(C(=O)NN)cc1. The van der Waals surface area contributed by atoms with Gasteiger partial charge < -0.3 is 19.5 Å². The molecule has 0 aliphatic heterocycles. The van der Waals surface area contributed by atoms with Gasteiger partial charge in [-0.05, 0) is 48.5 Å². The summed E-state index contributed by atoms with van der Waals surface area (Å²) in [6.45, 7) is 0.763. The smallest absolute Gasteiger partial charge is 0.265 e. The Bertz CT molecular complexity index is 1370. The van der Waals surface area contributed by atoms with Crippen molar-refractivity contribution in [3.63, 3.8) is 0 Å². The average Bonchev–Trinajstić information content (AvgIpc) is 2.90. The molecule has 0 saturated carbocycles. The van der Waals surface area contributed by atoms with E-state index in [1.54, 1.807) is 49.6 Å². The summed E-state index contributed by atoms with van der Waals surface area (Å²) < 4.78 is 30.6. The summed E-state index contributed by atoms with van der Waals surface area (Å²) in [5, 5.41) is 3.83. The number of halogens is 2. The van der Waals surface area contributed by atoms with Gasteiger partial charge in [-0.25, -0.2) is 20.2 Å². The van der Waals surface area contributed by atoms with Crippen LogP contribution in [0.25, 0.3) is 10.9 Å². The number of methoxy groups -OCH3 is 1. The first kappa shape index (κ1) is 25.0. The highest BCUT2D eigenvalue weighted by Crippen LogP contribution is 2.35. The second-order valence-electron chi connectivity index (χ2n) is 7.54. The molecule has 0 aliphatic rings. The Morgan fingerprint density at radius 2 is 1.81 bits per heavy atom. The fourth-order valence-electron chi connectivity index (χ4n) is 3.36. The first-order chi connectivity index (χ1) is 17.5. The average molecular weight is 512 g/mol. The molecule has 0 aliphatic carbocycles. The molecule has 4 N–H and O–H groups in total. The quantitative estimate of drug-likeness (QED) is 0.122. The lowest BCUT2D eigenvalue weighted by Gasteiger charge is -2.14. The molecule has 4 rings (SSSR count). The van der Waals surface area contributed by atoms with E-state index in [1.165, 1.54) is 18.5 Å². The monoisotopic (exact) mass is 511 g/mol. The summed E-state index contributed by atoms with van der Waals surface area (Å²) in [4.78, 5) is 20.1. The van der Waals surface area contributed by atoms with Gasteiger partial charge in [0.2, 0.25) is 0 Å². The predicted molar refractivity (Wildman–Crippen MR) is 134 cm³/mol. The molecule has 0 spiro atoms. The number of carbonyl (C=O) groups excluding carboxylic acids is 1. The minimum atomic E-state index is -0.504. The van der Waals surface area contributed by atoms with Crippen molar-refractivity contribution in [3.8, 4) is 17.2 Å². The molecular formula is C25H23ClFN5O4. The van der Waals surface area contributed by atoms with E-state index >= 15 is 0 Å². The van der Waals surface area contributed by atoms with Gasteiger partial charge in [0.15, 0.2) is 11.5 Å². The van der Waals surface area contributed by atoms with E-state index < -0.39 is 5.82 Å². The van der Waals surface area contributed by atoms with Crippen LogP contribution in [0.2, 0.25) is 5.02 Å². The van der Waals surface area contributed by atoms with Crippen LogP contribution in [0.5, 0.6) is 17.2 Å². The number of nitrogens with zero attached hydrogens (tertiary/aromatic N) is 2. The number of anilines is 2. The number of amides is 1. The van der Waals surface area contributed by atoms with E-state index in [0.717, 1.165) is 0 Å². The molecule has 36 heavy (non-hydrogen) atoms. The number of nitrogens with one attached hydrogen (secondary N) is 2. The molecule has 4 aromatic rings. The maximum atomic E-state index is 13.5. The molecule has 0 radical (unpaired) electrons. The van der Waals surface area contributed by atoms with Crippen molar-refractivity contribution in [2.24, 2.45) is 5.84 Å². The Balaban J connectivity index is 1.41. The zero-order valence-corrected chi connectivity index (χ0v) is 20.0. The van der Waals surface area contributed by atoms with Crippen molar-refractivity contribution in [3.05, 3.63) is 77.3 Å². The number of nitrogens with two attached hydrogens (primary N) is 1. The van der Waals surface area contributed by atoms with Gasteiger partial charge in [-0.2, -0.15) is 0 Å². The van der Waals surface area contributed by atoms with Gasteiger partial charge in [0.05, 0.1) is 30.9 Å². The van der Waals surface area contributed by atoms with Gasteiger partial charge in [-0.1, -0.05) is 11.6 Å². The fourth-order valence-corrected chi connectivity index (χ4v) is 3.54. The summed E-state index contributed by atoms with van der Waals surface area (Å²) in [6.07, 6.45) is 2.01. The molecule has 0 unspecified atom stereocenters. The second-order valence-corrected chi connectivity index (χ2v) is 7.95. The molecule has 11 heteroatoms. The minimum Gasteiger partial charge on any atom is -0.493 e. The number of nitrogen functional groups attached to an aromatic ring is 1. The van der Waals surface area contributed by atoms with Crippen molar-refractivity contribution in [2.75, 3.05) is 25.6 Å². The van der Waals surface area contributed by atoms with E-state index in [4.69, 9.17) is 31.7 Å². The Morgan fingerprint density at radius 1 is 1.03 bits per heavy atom. The lowest BCUT2D eigenvalue weighted by Crippen LogP contribution is -2.29. The second kappa shape index (κ2) is 11.5. The highest BCUT2D eigenvalue weighted by Gasteiger charge is 2.13. The zero-order chi connectivity index (χ0) is 25.5. The van der Waals surface area contributed by atoms with Crippen molar-refractivity contribution in [2.45, 2.75) is 6.42 Å². The third kappa shape index (κ3) is 5.91. The maximum absolute atomic E-state index is 13.5. The van der Waals surface area contributed by atoms with Gasteiger partial charge in [-0.15, -0.1) is 0 Å². The van der Waals surface area contributed by atoms with E-state index in [9.17, 15) is 9.18 Å². The predicted octanol–water partition coefficient (Wildman–Crippen LogP) is 4.63. The number of hydrazine groups is 1. The van der Waals surface area contributed by atoms with Crippen LogP contribution in [-0.4, -0.2) is 36.2 Å². The zero-order valence-electron chi connectivity index (χ0n) is 19.3. The van der Waals surface area contributed by atoms with Crippen LogP contribution in [0.4, 0.5) is 15.9 Å². The van der Waals surface area contributed by atoms with Gasteiger partial charge in [0, 0.05) is 29.1 Å². The van der Waals surface area contributed by atoms with Crippen molar-refractivity contribution in [1.82, 2.24) is 15.4 Å². The van der Waals surface area contributed by atoms with Crippen LogP contribution in [0.1, 0.15) is 16.8 Å². The third-order valence-corrected chi connectivity index (χ3v) is 5.46. The van der Waals surface area contributed by atoms with Crippen LogP contribution in [0, 0.1) is 5.82 Å². The minimum absolute atomic E-state index is 0.00303. The number of rotatable bonds is 10. The van der Waals surface area contributed by atoms with Crippen LogP contribution < -0.4 is 30.8 Å². The molecule has 1 aromatic heterocycles. The van der Waals surface area contributed by atoms with Gasteiger partial charge >= 0.3 is 0 Å². The van der Waals surface area contributed by atoms with Crippen molar-refractivity contribution in [1.29, 1.82) is 0 Å². The summed E-state index contributed by atoms with van der Waals surface area (Å²) in [7, 11) is 1.55. The topological polar surface area (TPSA) is 121 Å². The summed E-state index contributed by atoms with van der Waals surface area (Å²) in [6, 6.07) is 14.5. The molecule has 186 valence electrons. The number of benzene rings is 3. The van der Waals surface area contributed by atoms with Crippen LogP contribution in [0.15, 0.2) is 60.9 Å². The highest BCUT2D eigenvalue weighted by molar-refractivity contribution is 6.31. The lowest BCUT2D eigenvalue weighted by molar-refractivity contribution is 0.0953. The van der Waals surface area contributed by atoms with Crippen LogP contribution in [-0.2, 0) is 0 Å². The normalized spacial score (nSPS) is 10.7. The molecule has 9 nitrogen and oxygen atoms in total. The largest absolute Gasteiger partial charge is 0.493 e. The van der Waals surface area contributed by atoms with Gasteiger partial charge in [-0.3, -0.25) is 10.2 Å². The van der Waals surface area contributed by atoms with Crippen molar-refractivity contribution >= 4 is 39.9 Å².